The van der Waals surface area contributed by atoms with Crippen molar-refractivity contribution in [1.29, 1.82) is 0 Å². The van der Waals surface area contributed by atoms with E-state index in [-0.39, 0.29) is 11.8 Å². The number of amides is 2. The molecule has 0 bridgehead atoms. The van der Waals surface area contributed by atoms with Crippen LogP contribution in [0.5, 0.6) is 0 Å². The van der Waals surface area contributed by atoms with Crippen LogP contribution in [-0.2, 0) is 0 Å². The van der Waals surface area contributed by atoms with Crippen molar-refractivity contribution in [3.8, 4) is 0 Å². The predicted octanol–water partition coefficient (Wildman–Crippen LogP) is 3.71. The van der Waals surface area contributed by atoms with Crippen molar-refractivity contribution < 1.29 is 9.59 Å². The van der Waals surface area contributed by atoms with Crippen LogP contribution in [0.1, 0.15) is 19.3 Å². The molecule has 110 valence electrons. The van der Waals surface area contributed by atoms with Gasteiger partial charge >= 0.3 is 0 Å². The molecule has 0 fully saturated rings. The van der Waals surface area contributed by atoms with Crippen LogP contribution in [0.25, 0.3) is 0 Å². The maximum absolute atomic E-state index is 12.0. The molecular weight excluding hydrogens is 318 g/mol. The number of carbonyl (C=O) groups is 2. The van der Waals surface area contributed by atoms with Crippen LogP contribution in [0.3, 0.4) is 0 Å². The third kappa shape index (κ3) is 3.38. The Morgan fingerprint density at radius 1 is 0.773 bits per heavy atom. The van der Waals surface area contributed by atoms with Crippen molar-refractivity contribution in [1.82, 2.24) is 4.98 Å². The molecule has 0 aliphatic heterocycles. The van der Waals surface area contributed by atoms with Gasteiger partial charge in [-0.2, -0.15) is 0 Å². The van der Waals surface area contributed by atoms with E-state index in [1.165, 1.54) is 22.7 Å². The molecule has 0 aliphatic carbocycles. The second-order valence-electron chi connectivity index (χ2n) is 4.27. The molecule has 7 heteroatoms. The molecular formula is C15H11N3O2S2. The summed E-state index contributed by atoms with van der Waals surface area (Å²) in [5.74, 6) is 0.346. The third-order valence-corrected chi connectivity index (χ3v) is 4.46. The normalized spacial score (nSPS) is 10.2. The minimum Gasteiger partial charge on any atom is -0.306 e. The number of aromatic nitrogens is 1. The number of anilines is 2. The zero-order valence-corrected chi connectivity index (χ0v) is 12.9. The quantitative estimate of drug-likeness (QED) is 0.766. The zero-order chi connectivity index (χ0) is 15.4. The van der Waals surface area contributed by atoms with Crippen molar-refractivity contribution >= 4 is 46.1 Å². The fourth-order valence-corrected chi connectivity index (χ4v) is 2.98. The Morgan fingerprint density at radius 3 is 1.68 bits per heavy atom. The Hall–Kier alpha value is -2.51. The Kier molecular flexibility index (Phi) is 4.27. The van der Waals surface area contributed by atoms with Gasteiger partial charge in [-0.3, -0.25) is 9.59 Å². The Morgan fingerprint density at radius 2 is 1.27 bits per heavy atom. The molecule has 0 aromatic carbocycles. The number of hydrogen-bond donors (Lipinski definition) is 2. The summed E-state index contributed by atoms with van der Waals surface area (Å²) in [5, 5.41) is 9.08. The van der Waals surface area contributed by atoms with E-state index in [0.29, 0.717) is 21.4 Å². The summed E-state index contributed by atoms with van der Waals surface area (Å²) in [4.78, 5) is 29.4. The molecule has 0 spiro atoms. The lowest BCUT2D eigenvalue weighted by atomic mass is 10.4. The molecule has 3 rings (SSSR count). The van der Waals surface area contributed by atoms with E-state index in [9.17, 15) is 9.59 Å². The fourth-order valence-electron chi connectivity index (χ4n) is 1.75. The number of thiophene rings is 2. The van der Waals surface area contributed by atoms with Gasteiger partial charge in [0, 0.05) is 0 Å². The number of pyridine rings is 1. The highest BCUT2D eigenvalue weighted by atomic mass is 32.1. The molecule has 3 aromatic rings. The minimum absolute atomic E-state index is 0.218. The highest BCUT2D eigenvalue weighted by molar-refractivity contribution is 7.12. The summed E-state index contributed by atoms with van der Waals surface area (Å²) in [6.45, 7) is 0. The Labute approximate surface area is 134 Å². The molecule has 0 saturated carbocycles. The minimum atomic E-state index is -0.218. The van der Waals surface area contributed by atoms with Crippen LogP contribution < -0.4 is 10.6 Å². The third-order valence-electron chi connectivity index (χ3n) is 2.72. The number of carbonyl (C=O) groups excluding carboxylic acids is 2. The highest BCUT2D eigenvalue weighted by Crippen LogP contribution is 2.15. The van der Waals surface area contributed by atoms with Crippen LogP contribution in [0.2, 0.25) is 0 Å². The first kappa shape index (κ1) is 14.4. The molecule has 2 amide bonds. The number of hydrogen-bond acceptors (Lipinski definition) is 5. The molecule has 0 unspecified atom stereocenters. The lowest BCUT2D eigenvalue weighted by molar-refractivity contribution is 0.102. The molecule has 5 nitrogen and oxygen atoms in total. The fraction of sp³-hybridized carbons (Fsp3) is 0. The first-order valence-electron chi connectivity index (χ1n) is 6.39. The van der Waals surface area contributed by atoms with Gasteiger partial charge in [0.25, 0.3) is 11.8 Å². The van der Waals surface area contributed by atoms with E-state index < -0.39 is 0 Å². The average Bonchev–Trinajstić information content (AvgIpc) is 3.21. The van der Waals surface area contributed by atoms with Crippen LogP contribution in [0.15, 0.2) is 53.2 Å². The second-order valence-corrected chi connectivity index (χ2v) is 6.17. The molecule has 3 aromatic heterocycles. The van der Waals surface area contributed by atoms with Crippen molar-refractivity contribution in [2.24, 2.45) is 0 Å². The largest absolute Gasteiger partial charge is 0.306 e. The molecule has 0 atom stereocenters. The molecule has 2 N–H and O–H groups in total. The summed E-state index contributed by atoms with van der Waals surface area (Å²) in [6.07, 6.45) is 0. The van der Waals surface area contributed by atoms with Crippen LogP contribution in [-0.4, -0.2) is 16.8 Å². The molecule has 0 radical (unpaired) electrons. The van der Waals surface area contributed by atoms with Crippen molar-refractivity contribution in [3.05, 3.63) is 63.0 Å². The first-order valence-corrected chi connectivity index (χ1v) is 8.15. The molecule has 0 saturated heterocycles. The summed E-state index contributed by atoms with van der Waals surface area (Å²) in [5.41, 5.74) is 0. The first-order chi connectivity index (χ1) is 10.7. The number of nitrogens with one attached hydrogen (secondary N) is 2. The molecule has 22 heavy (non-hydrogen) atoms. The van der Waals surface area contributed by atoms with E-state index in [4.69, 9.17) is 0 Å². The predicted molar refractivity (Wildman–Crippen MR) is 88.8 cm³/mol. The molecule has 3 heterocycles. The average molecular weight is 329 g/mol. The summed E-state index contributed by atoms with van der Waals surface area (Å²) >= 11 is 2.71. The van der Waals surface area contributed by atoms with E-state index in [2.05, 4.69) is 15.6 Å². The van der Waals surface area contributed by atoms with Gasteiger partial charge in [0.2, 0.25) is 0 Å². The van der Waals surface area contributed by atoms with Gasteiger partial charge in [0.1, 0.15) is 11.6 Å². The van der Waals surface area contributed by atoms with E-state index in [1.807, 2.05) is 22.9 Å². The van der Waals surface area contributed by atoms with E-state index in [1.54, 1.807) is 30.3 Å². The molecule has 0 aliphatic rings. The topological polar surface area (TPSA) is 71.1 Å². The van der Waals surface area contributed by atoms with Gasteiger partial charge in [-0.15, -0.1) is 22.7 Å². The SMILES string of the molecule is O=C(Nc1cccc(NC(=O)c2cccs2)n1)c1cccs1. The van der Waals surface area contributed by atoms with Gasteiger partial charge in [-0.1, -0.05) is 18.2 Å². The highest BCUT2D eigenvalue weighted by Gasteiger charge is 2.10. The maximum Gasteiger partial charge on any atom is 0.266 e. The van der Waals surface area contributed by atoms with E-state index >= 15 is 0 Å². The van der Waals surface area contributed by atoms with Crippen molar-refractivity contribution in [2.45, 2.75) is 0 Å². The lowest BCUT2D eigenvalue weighted by Crippen LogP contribution is -2.14. The van der Waals surface area contributed by atoms with E-state index in [0.717, 1.165) is 0 Å². The summed E-state index contributed by atoms with van der Waals surface area (Å²) in [6, 6.07) is 12.2. The van der Waals surface area contributed by atoms with Gasteiger partial charge in [-0.25, -0.2) is 4.98 Å². The standard InChI is InChI=1S/C15H11N3O2S2/c19-14(10-4-2-8-21-10)17-12-6-1-7-13(16-12)18-15(20)11-5-3-9-22-11/h1-9H,(H2,16,17,18,19,20). The van der Waals surface area contributed by atoms with Crippen LogP contribution in [0.4, 0.5) is 11.6 Å². The second kappa shape index (κ2) is 6.50. The Balaban J connectivity index is 1.70. The van der Waals surface area contributed by atoms with Gasteiger partial charge in [0.05, 0.1) is 9.75 Å². The Bertz CT molecular complexity index is 719. The number of rotatable bonds is 4. The number of nitrogens with zero attached hydrogens (tertiary/aromatic N) is 1. The van der Waals surface area contributed by atoms with Gasteiger partial charge in [0.15, 0.2) is 0 Å². The monoisotopic (exact) mass is 329 g/mol. The summed E-state index contributed by atoms with van der Waals surface area (Å²) < 4.78 is 0. The van der Waals surface area contributed by atoms with Gasteiger partial charge < -0.3 is 10.6 Å². The van der Waals surface area contributed by atoms with Crippen LogP contribution in [0, 0.1) is 0 Å². The maximum atomic E-state index is 12.0. The van der Waals surface area contributed by atoms with Crippen molar-refractivity contribution in [2.75, 3.05) is 10.6 Å². The lowest BCUT2D eigenvalue weighted by Gasteiger charge is -2.06. The van der Waals surface area contributed by atoms with Gasteiger partial charge in [-0.05, 0) is 35.0 Å². The van der Waals surface area contributed by atoms with Crippen LogP contribution >= 0.6 is 22.7 Å². The van der Waals surface area contributed by atoms with Crippen molar-refractivity contribution in [3.63, 3.8) is 0 Å². The zero-order valence-electron chi connectivity index (χ0n) is 11.3. The summed E-state index contributed by atoms with van der Waals surface area (Å²) in [7, 11) is 0. The smallest absolute Gasteiger partial charge is 0.266 e.